The van der Waals surface area contributed by atoms with Crippen molar-refractivity contribution in [2.45, 2.75) is 25.2 Å². The normalized spacial score (nSPS) is 23.6. The molecule has 2 aliphatic heterocycles. The molecule has 11 heteroatoms. The van der Waals surface area contributed by atoms with Crippen molar-refractivity contribution in [2.75, 3.05) is 38.7 Å². The Hall–Kier alpha value is -2.60. The molecule has 0 saturated carbocycles. The first-order valence-electron chi connectivity index (χ1n) is 11.7. The molecule has 2 aliphatic rings. The molecule has 3 aromatic heterocycles. The third-order valence-corrected chi connectivity index (χ3v) is 9.18. The van der Waals surface area contributed by atoms with Crippen molar-refractivity contribution < 1.29 is 18.3 Å². The fourth-order valence-corrected chi connectivity index (χ4v) is 7.19. The standard InChI is InChI=1S/C23H29N6O4S/c24-22(31)18-5-10-29(12-16(18)13-30)34(32,33)14-28-8-3-15(4-9-28)17-1-6-25-20-11-27-23-19(21(17)20)2-7-26-23/h1-2,6-7,11,15-16,18H,3-5,8-10,12-14H2,(H2,24,31)(H,26,27). The summed E-state index contributed by atoms with van der Waals surface area (Å²) in [6.45, 7) is 1.12. The maximum absolute atomic E-state index is 13.1. The van der Waals surface area contributed by atoms with E-state index in [0.29, 0.717) is 25.4 Å². The maximum atomic E-state index is 13.1. The number of nitrogens with zero attached hydrogens (tertiary/aromatic N) is 4. The highest BCUT2D eigenvalue weighted by atomic mass is 32.2. The number of carbonyl (C=O) groups excluding carboxylic acids is 1. The second-order valence-corrected chi connectivity index (χ2v) is 11.3. The first kappa shape index (κ1) is 23.2. The van der Waals surface area contributed by atoms with E-state index in [4.69, 9.17) is 5.73 Å². The van der Waals surface area contributed by atoms with E-state index in [1.807, 2.05) is 23.4 Å². The number of H-pyrrole nitrogens is 1. The van der Waals surface area contributed by atoms with Crippen LogP contribution in [0, 0.1) is 11.8 Å². The van der Waals surface area contributed by atoms with Gasteiger partial charge in [-0.25, -0.2) is 22.8 Å². The van der Waals surface area contributed by atoms with E-state index in [2.05, 4.69) is 21.0 Å². The third-order valence-electron chi connectivity index (χ3n) is 7.37. The van der Waals surface area contributed by atoms with Gasteiger partial charge >= 0.3 is 0 Å². The van der Waals surface area contributed by atoms with Crippen LogP contribution in [0.3, 0.4) is 0 Å². The van der Waals surface area contributed by atoms with E-state index in [-0.39, 0.29) is 19.0 Å². The Morgan fingerprint density at radius 3 is 2.68 bits per heavy atom. The lowest BCUT2D eigenvalue weighted by molar-refractivity contribution is -0.126. The van der Waals surface area contributed by atoms with Crippen LogP contribution in [0.4, 0.5) is 0 Å². The minimum absolute atomic E-state index is 0.0691. The molecule has 2 unspecified atom stereocenters. The van der Waals surface area contributed by atoms with Crippen LogP contribution in [0.5, 0.6) is 0 Å². The maximum Gasteiger partial charge on any atom is 0.227 e. The average Bonchev–Trinajstić information content (AvgIpc) is 3.33. The topological polar surface area (TPSA) is 145 Å². The Morgan fingerprint density at radius 2 is 1.94 bits per heavy atom. The lowest BCUT2D eigenvalue weighted by Crippen LogP contribution is -2.51. The number of rotatable bonds is 6. The van der Waals surface area contributed by atoms with Crippen molar-refractivity contribution in [1.82, 2.24) is 24.2 Å². The van der Waals surface area contributed by atoms with Crippen LogP contribution in [-0.2, 0) is 19.9 Å². The number of amides is 1. The van der Waals surface area contributed by atoms with Gasteiger partial charge in [0.1, 0.15) is 11.5 Å². The molecule has 1 radical (unpaired) electrons. The highest BCUT2D eigenvalue weighted by molar-refractivity contribution is 7.89. The lowest BCUT2D eigenvalue weighted by Gasteiger charge is -2.37. The summed E-state index contributed by atoms with van der Waals surface area (Å²) in [5, 5.41) is 13.7. The smallest absolute Gasteiger partial charge is 0.227 e. The van der Waals surface area contributed by atoms with Gasteiger partial charge in [0.05, 0.1) is 18.3 Å². The predicted molar refractivity (Wildman–Crippen MR) is 127 cm³/mol. The Bertz CT molecular complexity index is 1300. The second kappa shape index (κ2) is 9.21. The zero-order valence-corrected chi connectivity index (χ0v) is 19.7. The van der Waals surface area contributed by atoms with E-state index in [1.165, 1.54) is 9.87 Å². The predicted octanol–water partition coefficient (Wildman–Crippen LogP) is 1.43. The zero-order chi connectivity index (χ0) is 23.9. The van der Waals surface area contributed by atoms with Crippen molar-refractivity contribution in [3.05, 3.63) is 36.3 Å². The first-order valence-corrected chi connectivity index (χ1v) is 13.3. The number of piperidine rings is 2. The molecule has 0 bridgehead atoms. The van der Waals surface area contributed by atoms with Crippen molar-refractivity contribution >= 4 is 37.9 Å². The monoisotopic (exact) mass is 485 g/mol. The summed E-state index contributed by atoms with van der Waals surface area (Å²) < 4.78 is 27.5. The van der Waals surface area contributed by atoms with Gasteiger partial charge in [0.15, 0.2) is 0 Å². The summed E-state index contributed by atoms with van der Waals surface area (Å²) in [6.07, 6.45) is 7.48. The molecule has 181 valence electrons. The molecule has 1 amide bonds. The number of carbonyl (C=O) groups is 1. The van der Waals surface area contributed by atoms with Gasteiger partial charge in [0.2, 0.25) is 15.9 Å². The van der Waals surface area contributed by atoms with Gasteiger partial charge in [-0.15, -0.1) is 0 Å². The van der Waals surface area contributed by atoms with E-state index < -0.39 is 34.4 Å². The number of hydrogen-bond acceptors (Lipinski definition) is 6. The fourth-order valence-electron chi connectivity index (χ4n) is 5.50. The molecule has 10 nitrogen and oxygen atoms in total. The van der Waals surface area contributed by atoms with Gasteiger partial charge in [-0.3, -0.25) is 14.7 Å². The fraction of sp³-hybridized carbons (Fsp3) is 0.522. The minimum atomic E-state index is -3.57. The molecular formula is C23H29N6O4S. The van der Waals surface area contributed by atoms with Crippen LogP contribution < -0.4 is 5.73 Å². The molecule has 3 aromatic rings. The molecule has 0 aromatic carbocycles. The SMILES string of the molecule is NC(=O)C1CCN(S(=O)(=O)CN2CCC(c3ccnc4cnc5[nH]ccc5c34)CC2)CC1C[O]. The Morgan fingerprint density at radius 1 is 1.15 bits per heavy atom. The summed E-state index contributed by atoms with van der Waals surface area (Å²) in [5.41, 5.74) is 8.32. The minimum Gasteiger partial charge on any atom is -0.369 e. The van der Waals surface area contributed by atoms with Crippen LogP contribution in [0.25, 0.3) is 21.9 Å². The Kier molecular flexibility index (Phi) is 6.28. The van der Waals surface area contributed by atoms with Crippen LogP contribution in [0.2, 0.25) is 0 Å². The number of aromatic nitrogens is 3. The average molecular weight is 486 g/mol. The molecule has 34 heavy (non-hydrogen) atoms. The van der Waals surface area contributed by atoms with E-state index >= 15 is 0 Å². The van der Waals surface area contributed by atoms with E-state index in [0.717, 1.165) is 34.8 Å². The van der Waals surface area contributed by atoms with Gasteiger partial charge < -0.3 is 10.7 Å². The Balaban J connectivity index is 1.26. The van der Waals surface area contributed by atoms with Crippen LogP contribution in [0.1, 0.15) is 30.7 Å². The van der Waals surface area contributed by atoms with Crippen molar-refractivity contribution in [3.63, 3.8) is 0 Å². The largest absolute Gasteiger partial charge is 0.369 e. The van der Waals surface area contributed by atoms with Crippen LogP contribution >= 0.6 is 0 Å². The van der Waals surface area contributed by atoms with E-state index in [1.54, 1.807) is 6.20 Å². The first-order chi connectivity index (χ1) is 16.4. The molecule has 5 heterocycles. The number of nitrogens with one attached hydrogen (secondary N) is 1. The van der Waals surface area contributed by atoms with Crippen LogP contribution in [0.15, 0.2) is 30.7 Å². The number of likely N-dealkylation sites (tertiary alicyclic amines) is 1. The van der Waals surface area contributed by atoms with E-state index in [9.17, 15) is 18.3 Å². The third kappa shape index (κ3) is 4.28. The number of primary amides is 1. The number of fused-ring (bicyclic) bond motifs is 3. The molecule has 2 atom stereocenters. The summed E-state index contributed by atoms with van der Waals surface area (Å²) in [5.74, 6) is -1.39. The number of nitrogens with two attached hydrogens (primary N) is 1. The molecule has 0 spiro atoms. The number of sulfonamides is 1. The number of aromatic amines is 1. The lowest BCUT2D eigenvalue weighted by atomic mass is 9.86. The molecule has 0 aliphatic carbocycles. The molecule has 3 N–H and O–H groups in total. The summed E-state index contributed by atoms with van der Waals surface area (Å²) in [7, 11) is -3.57. The molecule has 2 fully saturated rings. The summed E-state index contributed by atoms with van der Waals surface area (Å²) >= 11 is 0. The highest BCUT2D eigenvalue weighted by Crippen LogP contribution is 2.35. The van der Waals surface area contributed by atoms with Crippen molar-refractivity contribution in [2.24, 2.45) is 17.6 Å². The second-order valence-electron chi connectivity index (χ2n) is 9.37. The molecule has 5 rings (SSSR count). The highest BCUT2D eigenvalue weighted by Gasteiger charge is 2.38. The van der Waals surface area contributed by atoms with Crippen molar-refractivity contribution in [3.8, 4) is 0 Å². The Labute approximate surface area is 198 Å². The van der Waals surface area contributed by atoms with Gasteiger partial charge in [0, 0.05) is 48.1 Å². The quantitative estimate of drug-likeness (QED) is 0.540. The number of hydrogen-bond donors (Lipinski definition) is 2. The number of pyridine rings is 2. The summed E-state index contributed by atoms with van der Waals surface area (Å²) in [4.78, 5) is 25.6. The molecular weight excluding hydrogens is 456 g/mol. The van der Waals surface area contributed by atoms with Gasteiger partial charge in [-0.1, -0.05) is 0 Å². The van der Waals surface area contributed by atoms with Gasteiger partial charge in [-0.2, -0.15) is 0 Å². The zero-order valence-electron chi connectivity index (χ0n) is 18.9. The van der Waals surface area contributed by atoms with Crippen LogP contribution in [-0.4, -0.2) is 77.1 Å². The van der Waals surface area contributed by atoms with Crippen molar-refractivity contribution in [1.29, 1.82) is 0 Å². The van der Waals surface area contributed by atoms with Gasteiger partial charge in [-0.05, 0) is 56.0 Å². The summed E-state index contributed by atoms with van der Waals surface area (Å²) in [6, 6.07) is 4.09. The molecule has 2 saturated heterocycles. The van der Waals surface area contributed by atoms with Gasteiger partial charge in [0.25, 0.3) is 0 Å².